The Kier molecular flexibility index (Phi) is 8.46. The minimum Gasteiger partial charge on any atom is -0.434 e. The summed E-state index contributed by atoms with van der Waals surface area (Å²) in [6.45, 7) is 7.75. The topological polar surface area (TPSA) is 136 Å². The molecule has 2 atom stereocenters. The molecule has 0 bridgehead atoms. The normalized spacial score (nSPS) is 16.8. The molecule has 2 aromatic carbocycles. The van der Waals surface area contributed by atoms with Gasteiger partial charge < -0.3 is 19.4 Å². The Labute approximate surface area is 234 Å². The third-order valence-corrected chi connectivity index (χ3v) is 9.54. The molecule has 1 N–H and O–H groups in total. The fourth-order valence-electron chi connectivity index (χ4n) is 4.56. The second kappa shape index (κ2) is 11.5. The molecule has 2 heterocycles. The van der Waals surface area contributed by atoms with Gasteiger partial charge in [0.25, 0.3) is 5.89 Å². The molecule has 1 saturated heterocycles. The van der Waals surface area contributed by atoms with Crippen molar-refractivity contribution in [3.05, 3.63) is 66.1 Å². The molecule has 214 valence electrons. The van der Waals surface area contributed by atoms with Crippen LogP contribution in [0.5, 0.6) is 0 Å². The first-order valence-electron chi connectivity index (χ1n) is 13.1. The van der Waals surface area contributed by atoms with Crippen LogP contribution in [0.2, 0.25) is 0 Å². The smallest absolute Gasteiger partial charge is 0.266 e. The lowest BCUT2D eigenvalue weighted by Crippen LogP contribution is -2.59. The number of hydrogen-bond donors (Lipinski definition) is 1. The molecule has 0 saturated carbocycles. The van der Waals surface area contributed by atoms with Crippen LogP contribution in [0.1, 0.15) is 50.4 Å². The predicted molar refractivity (Wildman–Crippen MR) is 149 cm³/mol. The summed E-state index contributed by atoms with van der Waals surface area (Å²) in [6, 6.07) is 14.2. The highest BCUT2D eigenvalue weighted by atomic mass is 32.2. The van der Waals surface area contributed by atoms with Gasteiger partial charge in [-0.25, -0.2) is 13.4 Å². The van der Waals surface area contributed by atoms with Crippen molar-refractivity contribution in [2.45, 2.75) is 50.7 Å². The highest BCUT2D eigenvalue weighted by Crippen LogP contribution is 2.30. The maximum Gasteiger partial charge on any atom is 0.266 e. The van der Waals surface area contributed by atoms with Crippen molar-refractivity contribution in [3.63, 3.8) is 0 Å². The summed E-state index contributed by atoms with van der Waals surface area (Å²) in [7, 11) is -4.25. The summed E-state index contributed by atoms with van der Waals surface area (Å²) < 4.78 is 36.6. The molecule has 11 heteroatoms. The SMILES string of the molecule is CC(C)(C)[C@H](NC(=O)C(C)(CC(=O)N1CCOCC1)S(=O)(=O)Cc1ccccc1)C(=O)c1nc2ccccc2o1. The van der Waals surface area contributed by atoms with E-state index >= 15 is 0 Å². The molecule has 4 rings (SSSR count). The number of hydrogen-bond acceptors (Lipinski definition) is 8. The summed E-state index contributed by atoms with van der Waals surface area (Å²) in [5.74, 6) is -2.66. The highest BCUT2D eigenvalue weighted by molar-refractivity contribution is 7.92. The molecule has 40 heavy (non-hydrogen) atoms. The van der Waals surface area contributed by atoms with Crippen LogP contribution in [0.25, 0.3) is 11.1 Å². The predicted octanol–water partition coefficient (Wildman–Crippen LogP) is 3.16. The Bertz CT molecular complexity index is 1460. The number of nitrogens with zero attached hydrogens (tertiary/aromatic N) is 2. The number of carbonyl (C=O) groups excluding carboxylic acids is 3. The average Bonchev–Trinajstić information content (AvgIpc) is 3.35. The van der Waals surface area contributed by atoms with Crippen molar-refractivity contribution in [3.8, 4) is 0 Å². The lowest BCUT2D eigenvalue weighted by atomic mass is 9.83. The number of fused-ring (bicyclic) bond motifs is 1. The van der Waals surface area contributed by atoms with Gasteiger partial charge in [-0.1, -0.05) is 63.2 Å². The molecule has 0 spiro atoms. The number of sulfone groups is 1. The molecular weight excluding hydrogens is 534 g/mol. The lowest BCUT2D eigenvalue weighted by molar-refractivity contribution is -0.138. The van der Waals surface area contributed by atoms with Crippen molar-refractivity contribution in [1.29, 1.82) is 0 Å². The molecule has 1 unspecified atom stereocenters. The van der Waals surface area contributed by atoms with Crippen LogP contribution in [0.3, 0.4) is 0 Å². The molecule has 0 aliphatic carbocycles. The van der Waals surface area contributed by atoms with Gasteiger partial charge in [0.2, 0.25) is 17.6 Å². The number of morpholine rings is 1. The van der Waals surface area contributed by atoms with Crippen LogP contribution in [-0.4, -0.2) is 73.0 Å². The number of rotatable bonds is 9. The molecule has 1 aliphatic rings. The number of benzene rings is 2. The summed E-state index contributed by atoms with van der Waals surface area (Å²) >= 11 is 0. The molecule has 3 aromatic rings. The zero-order valence-corrected chi connectivity index (χ0v) is 24.0. The summed E-state index contributed by atoms with van der Waals surface area (Å²) in [4.78, 5) is 46.7. The quantitative estimate of drug-likeness (QED) is 0.388. The van der Waals surface area contributed by atoms with Gasteiger partial charge in [0.15, 0.2) is 20.2 Å². The van der Waals surface area contributed by atoms with E-state index in [4.69, 9.17) is 9.15 Å². The Morgan fingerprint density at radius 2 is 1.60 bits per heavy atom. The molecule has 1 aromatic heterocycles. The first-order chi connectivity index (χ1) is 18.8. The number of para-hydroxylation sites is 2. The van der Waals surface area contributed by atoms with E-state index in [2.05, 4.69) is 10.3 Å². The van der Waals surface area contributed by atoms with Crippen LogP contribution in [0, 0.1) is 5.41 Å². The number of oxazole rings is 1. The van der Waals surface area contributed by atoms with Crippen LogP contribution >= 0.6 is 0 Å². The minimum absolute atomic E-state index is 0.195. The fourth-order valence-corrected chi connectivity index (χ4v) is 6.19. The minimum atomic E-state index is -4.25. The number of carbonyl (C=O) groups is 3. The van der Waals surface area contributed by atoms with E-state index in [1.54, 1.807) is 75.4 Å². The van der Waals surface area contributed by atoms with E-state index in [0.29, 0.717) is 43.0 Å². The van der Waals surface area contributed by atoms with Crippen molar-refractivity contribution >= 4 is 38.5 Å². The van der Waals surface area contributed by atoms with Crippen LogP contribution in [0.4, 0.5) is 0 Å². The zero-order valence-electron chi connectivity index (χ0n) is 23.2. The second-order valence-electron chi connectivity index (χ2n) is 11.3. The van der Waals surface area contributed by atoms with Crippen LogP contribution in [-0.2, 0) is 29.9 Å². The Morgan fingerprint density at radius 3 is 2.23 bits per heavy atom. The Morgan fingerprint density at radius 1 is 0.975 bits per heavy atom. The monoisotopic (exact) mass is 569 g/mol. The molecular formula is C29H35N3O7S. The van der Waals surface area contributed by atoms with Gasteiger partial charge in [-0.15, -0.1) is 0 Å². The van der Waals surface area contributed by atoms with Crippen molar-refractivity contribution < 1.29 is 32.0 Å². The first-order valence-corrected chi connectivity index (χ1v) is 14.8. The largest absolute Gasteiger partial charge is 0.434 e. The molecule has 1 aliphatic heterocycles. The number of ether oxygens (including phenoxy) is 1. The Hall–Kier alpha value is -3.57. The number of amides is 2. The van der Waals surface area contributed by atoms with Crippen molar-refractivity contribution in [2.75, 3.05) is 26.3 Å². The van der Waals surface area contributed by atoms with Crippen molar-refractivity contribution in [1.82, 2.24) is 15.2 Å². The van der Waals surface area contributed by atoms with Crippen LogP contribution < -0.4 is 5.32 Å². The second-order valence-corrected chi connectivity index (χ2v) is 13.7. The maximum atomic E-state index is 14.0. The van der Waals surface area contributed by atoms with Gasteiger partial charge in [-0.3, -0.25) is 14.4 Å². The summed E-state index contributed by atoms with van der Waals surface area (Å²) in [5, 5.41) is 2.68. The van der Waals surface area contributed by atoms with Gasteiger partial charge >= 0.3 is 0 Å². The van der Waals surface area contributed by atoms with Gasteiger partial charge in [0, 0.05) is 13.1 Å². The van der Waals surface area contributed by atoms with Crippen LogP contribution in [0.15, 0.2) is 59.0 Å². The van der Waals surface area contributed by atoms with E-state index in [0.717, 1.165) is 0 Å². The third kappa shape index (κ3) is 6.26. The number of aromatic nitrogens is 1. The third-order valence-electron chi connectivity index (χ3n) is 7.13. The maximum absolute atomic E-state index is 14.0. The molecule has 0 radical (unpaired) electrons. The molecule has 1 fully saturated rings. The summed E-state index contributed by atoms with van der Waals surface area (Å²) in [6.07, 6.45) is -0.581. The highest BCUT2D eigenvalue weighted by Gasteiger charge is 2.50. The standard InChI is InChI=1S/C29H35N3O7S/c1-28(2,3)25(24(34)26-30-21-12-8-9-13-22(21)39-26)31-27(35)29(4,18-23(33)32-14-16-38-17-15-32)40(36,37)19-20-10-6-5-7-11-20/h5-13,25H,14-19H2,1-4H3,(H,31,35)/t25-,29?/m1/s1. The molecule has 10 nitrogen and oxygen atoms in total. The summed E-state index contributed by atoms with van der Waals surface area (Å²) in [5.41, 5.74) is 0.536. The van der Waals surface area contributed by atoms with E-state index in [1.165, 1.54) is 11.8 Å². The number of ketones is 1. The van der Waals surface area contributed by atoms with Gasteiger partial charge in [-0.05, 0) is 30.0 Å². The number of Topliss-reactive ketones (excluding diaryl/α,β-unsaturated/α-hetero) is 1. The van der Waals surface area contributed by atoms with E-state index < -0.39 is 55.8 Å². The fraction of sp³-hybridized carbons (Fsp3) is 0.448. The van der Waals surface area contributed by atoms with Gasteiger partial charge in [0.1, 0.15) is 11.6 Å². The van der Waals surface area contributed by atoms with Gasteiger partial charge in [0.05, 0.1) is 25.4 Å². The average molecular weight is 570 g/mol. The van der Waals surface area contributed by atoms with E-state index in [-0.39, 0.29) is 5.89 Å². The molecule has 2 amide bonds. The van der Waals surface area contributed by atoms with E-state index in [1.807, 2.05) is 0 Å². The van der Waals surface area contributed by atoms with Gasteiger partial charge in [-0.2, -0.15) is 0 Å². The van der Waals surface area contributed by atoms with E-state index in [9.17, 15) is 22.8 Å². The van der Waals surface area contributed by atoms with Crippen molar-refractivity contribution in [2.24, 2.45) is 5.41 Å². The zero-order chi connectivity index (χ0) is 29.1. The lowest BCUT2D eigenvalue weighted by Gasteiger charge is -2.35. The first kappa shape index (κ1) is 29.4. The Balaban J connectivity index is 1.68. The number of nitrogens with one attached hydrogen (secondary N) is 1.